The van der Waals surface area contributed by atoms with Crippen LogP contribution in [0.2, 0.25) is 0 Å². The third-order valence-corrected chi connectivity index (χ3v) is 2.95. The summed E-state index contributed by atoms with van der Waals surface area (Å²) in [5, 5.41) is 0. The molecule has 0 heterocycles. The molecule has 0 atom stereocenters. The Morgan fingerprint density at radius 2 is 2.00 bits per heavy atom. The van der Waals surface area contributed by atoms with Crippen LogP contribution in [0, 0.1) is 0 Å². The Labute approximate surface area is 120 Å². The van der Waals surface area contributed by atoms with Crippen LogP contribution >= 0.6 is 12.6 Å². The highest BCUT2D eigenvalue weighted by Crippen LogP contribution is 2.18. The van der Waals surface area contributed by atoms with Crippen LogP contribution in [-0.4, -0.2) is 19.7 Å². The van der Waals surface area contributed by atoms with Crippen molar-refractivity contribution in [2.24, 2.45) is 0 Å². The van der Waals surface area contributed by atoms with Crippen LogP contribution in [0.15, 0.2) is 40.8 Å². The second kappa shape index (κ2) is 8.64. The number of carbonyl (C=O) groups excluding carboxylic acids is 1. The molecule has 0 aromatic heterocycles. The van der Waals surface area contributed by atoms with E-state index in [1.165, 1.54) is 0 Å². The SMILES string of the molecule is CCOC(=O)C1=CCCC1.COc1ccc(S)cc1. The monoisotopic (exact) mass is 280 g/mol. The summed E-state index contributed by atoms with van der Waals surface area (Å²) in [7, 11) is 1.65. The quantitative estimate of drug-likeness (QED) is 0.678. The molecule has 0 amide bonds. The molecule has 1 aromatic carbocycles. The standard InChI is InChI=1S/C8H12O2.C7H8OS/c1-2-10-8(9)7-5-3-4-6-7;1-8-6-2-4-7(9)5-3-6/h5H,2-4,6H2,1H3;2-5,9H,1H3. The topological polar surface area (TPSA) is 35.5 Å². The molecule has 1 aliphatic rings. The van der Waals surface area contributed by atoms with E-state index in [1.54, 1.807) is 7.11 Å². The molecular formula is C15H20O3S. The van der Waals surface area contributed by atoms with Gasteiger partial charge in [-0.05, 0) is 50.5 Å². The number of carbonyl (C=O) groups is 1. The number of esters is 1. The van der Waals surface area contributed by atoms with Crippen molar-refractivity contribution < 1.29 is 14.3 Å². The van der Waals surface area contributed by atoms with Gasteiger partial charge >= 0.3 is 5.97 Å². The number of hydrogen-bond donors (Lipinski definition) is 1. The van der Waals surface area contributed by atoms with Gasteiger partial charge in [0.05, 0.1) is 13.7 Å². The summed E-state index contributed by atoms with van der Waals surface area (Å²) in [4.78, 5) is 11.9. The summed E-state index contributed by atoms with van der Waals surface area (Å²) in [6.45, 7) is 2.31. The predicted molar refractivity (Wildman–Crippen MR) is 78.8 cm³/mol. The van der Waals surface area contributed by atoms with Crippen LogP contribution in [0.3, 0.4) is 0 Å². The number of ether oxygens (including phenoxy) is 2. The first-order valence-electron chi connectivity index (χ1n) is 6.36. The van der Waals surface area contributed by atoms with E-state index in [2.05, 4.69) is 12.6 Å². The number of rotatable bonds is 3. The highest BCUT2D eigenvalue weighted by Gasteiger charge is 2.13. The lowest BCUT2D eigenvalue weighted by Gasteiger charge is -1.99. The minimum Gasteiger partial charge on any atom is -0.497 e. The van der Waals surface area contributed by atoms with Gasteiger partial charge in [-0.3, -0.25) is 0 Å². The lowest BCUT2D eigenvalue weighted by atomic mass is 10.2. The molecular weight excluding hydrogens is 260 g/mol. The van der Waals surface area contributed by atoms with Gasteiger partial charge in [-0.1, -0.05) is 6.08 Å². The van der Waals surface area contributed by atoms with Crippen molar-refractivity contribution in [3.05, 3.63) is 35.9 Å². The van der Waals surface area contributed by atoms with Gasteiger partial charge in [-0.15, -0.1) is 12.6 Å². The lowest BCUT2D eigenvalue weighted by molar-refractivity contribution is -0.138. The van der Waals surface area contributed by atoms with Gasteiger partial charge in [0, 0.05) is 10.5 Å². The Morgan fingerprint density at radius 3 is 2.47 bits per heavy atom. The minimum atomic E-state index is -0.125. The molecule has 0 bridgehead atoms. The van der Waals surface area contributed by atoms with Gasteiger partial charge in [-0.25, -0.2) is 4.79 Å². The molecule has 1 aromatic rings. The fourth-order valence-electron chi connectivity index (χ4n) is 1.66. The van der Waals surface area contributed by atoms with E-state index in [0.29, 0.717) is 6.61 Å². The van der Waals surface area contributed by atoms with E-state index in [0.717, 1.165) is 35.5 Å². The molecule has 3 nitrogen and oxygen atoms in total. The maximum absolute atomic E-state index is 11.0. The summed E-state index contributed by atoms with van der Waals surface area (Å²) in [5.41, 5.74) is 0.863. The first-order valence-corrected chi connectivity index (χ1v) is 6.81. The molecule has 0 fully saturated rings. The number of hydrogen-bond acceptors (Lipinski definition) is 4. The van der Waals surface area contributed by atoms with Crippen LogP contribution < -0.4 is 4.74 Å². The Balaban J connectivity index is 0.000000191. The second-order valence-electron chi connectivity index (χ2n) is 4.04. The molecule has 1 aliphatic carbocycles. The molecule has 0 aliphatic heterocycles. The van der Waals surface area contributed by atoms with E-state index in [-0.39, 0.29) is 5.97 Å². The van der Waals surface area contributed by atoms with Crippen LogP contribution in [0.5, 0.6) is 5.75 Å². The summed E-state index contributed by atoms with van der Waals surface area (Å²) < 4.78 is 9.75. The molecule has 104 valence electrons. The summed E-state index contributed by atoms with van der Waals surface area (Å²) >= 11 is 4.11. The van der Waals surface area contributed by atoms with E-state index in [9.17, 15) is 4.79 Å². The summed E-state index contributed by atoms with van der Waals surface area (Å²) in [6.07, 6.45) is 5.01. The number of methoxy groups -OCH3 is 1. The first-order chi connectivity index (χ1) is 9.17. The van der Waals surface area contributed by atoms with Crippen molar-refractivity contribution in [3.63, 3.8) is 0 Å². The average molecular weight is 280 g/mol. The molecule has 0 saturated carbocycles. The van der Waals surface area contributed by atoms with Gasteiger partial charge in [0.25, 0.3) is 0 Å². The predicted octanol–water partition coefficient (Wildman–Crippen LogP) is 3.64. The second-order valence-corrected chi connectivity index (χ2v) is 4.56. The zero-order valence-corrected chi connectivity index (χ0v) is 12.3. The normalized spacial score (nSPS) is 13.1. The zero-order valence-electron chi connectivity index (χ0n) is 11.4. The Bertz CT molecular complexity index is 424. The maximum atomic E-state index is 11.0. The van der Waals surface area contributed by atoms with Gasteiger partial charge < -0.3 is 9.47 Å². The fourth-order valence-corrected chi connectivity index (χ4v) is 1.81. The number of allylic oxidation sites excluding steroid dienone is 1. The largest absolute Gasteiger partial charge is 0.497 e. The van der Waals surface area contributed by atoms with Crippen LogP contribution in [0.25, 0.3) is 0 Å². The van der Waals surface area contributed by atoms with Gasteiger partial charge in [0.15, 0.2) is 0 Å². The van der Waals surface area contributed by atoms with E-state index in [4.69, 9.17) is 9.47 Å². The van der Waals surface area contributed by atoms with Crippen molar-refractivity contribution in [1.29, 1.82) is 0 Å². The van der Waals surface area contributed by atoms with Crippen LogP contribution in [0.4, 0.5) is 0 Å². The van der Waals surface area contributed by atoms with Gasteiger partial charge in [-0.2, -0.15) is 0 Å². The van der Waals surface area contributed by atoms with Gasteiger partial charge in [0.2, 0.25) is 0 Å². The maximum Gasteiger partial charge on any atom is 0.333 e. The Hall–Kier alpha value is -1.42. The molecule has 4 heteroatoms. The Morgan fingerprint density at radius 1 is 1.32 bits per heavy atom. The molecule has 0 N–H and O–H groups in total. The van der Waals surface area contributed by atoms with Crippen molar-refractivity contribution in [2.45, 2.75) is 31.1 Å². The average Bonchev–Trinajstić information content (AvgIpc) is 2.95. The number of benzene rings is 1. The number of thiol groups is 1. The minimum absolute atomic E-state index is 0.125. The zero-order chi connectivity index (χ0) is 14.1. The lowest BCUT2D eigenvalue weighted by Crippen LogP contribution is -2.05. The van der Waals surface area contributed by atoms with E-state index >= 15 is 0 Å². The third-order valence-electron chi connectivity index (χ3n) is 2.65. The van der Waals surface area contributed by atoms with Crippen LogP contribution in [0.1, 0.15) is 26.2 Å². The van der Waals surface area contributed by atoms with Crippen molar-refractivity contribution in [1.82, 2.24) is 0 Å². The molecule has 0 saturated heterocycles. The highest BCUT2D eigenvalue weighted by atomic mass is 32.1. The summed E-state index contributed by atoms with van der Waals surface area (Å²) in [6, 6.07) is 7.54. The highest BCUT2D eigenvalue weighted by molar-refractivity contribution is 7.80. The van der Waals surface area contributed by atoms with Crippen molar-refractivity contribution in [3.8, 4) is 5.75 Å². The first kappa shape index (κ1) is 15.6. The molecule has 0 radical (unpaired) electrons. The van der Waals surface area contributed by atoms with Crippen molar-refractivity contribution >= 4 is 18.6 Å². The van der Waals surface area contributed by atoms with Gasteiger partial charge in [0.1, 0.15) is 5.75 Å². The molecule has 0 unspecified atom stereocenters. The fraction of sp³-hybridized carbons (Fsp3) is 0.400. The smallest absolute Gasteiger partial charge is 0.333 e. The molecule has 0 spiro atoms. The van der Waals surface area contributed by atoms with E-state index < -0.39 is 0 Å². The molecule has 19 heavy (non-hydrogen) atoms. The van der Waals surface area contributed by atoms with Crippen LogP contribution in [-0.2, 0) is 9.53 Å². The molecule has 2 rings (SSSR count). The van der Waals surface area contributed by atoms with Crippen molar-refractivity contribution in [2.75, 3.05) is 13.7 Å². The summed E-state index contributed by atoms with van der Waals surface area (Å²) in [5.74, 6) is 0.743. The Kier molecular flexibility index (Phi) is 7.11. The third kappa shape index (κ3) is 5.83. The van der Waals surface area contributed by atoms with E-state index in [1.807, 2.05) is 37.3 Å².